The van der Waals surface area contributed by atoms with Crippen LogP contribution in [0.15, 0.2) is 50.1 Å². The summed E-state index contributed by atoms with van der Waals surface area (Å²) in [5.74, 6) is -0.162. The third-order valence-corrected chi connectivity index (χ3v) is 2.16. The average molecular weight is 257 g/mol. The Kier molecular flexibility index (Phi) is 9.33. The fraction of sp³-hybridized carbons (Fsp3) is 0.308. The van der Waals surface area contributed by atoms with Crippen molar-refractivity contribution in [2.75, 3.05) is 19.6 Å². The summed E-state index contributed by atoms with van der Waals surface area (Å²) in [6.07, 6.45) is 5.31. The highest BCUT2D eigenvalue weighted by atomic mass is 35.5. The SMILES string of the molecule is C=CC[N+](CC=C)(CC=C)NC(=O)C(=C)C.[Cl-]. The number of nitrogens with one attached hydrogen (secondary N) is 1. The highest BCUT2D eigenvalue weighted by molar-refractivity contribution is 5.91. The van der Waals surface area contributed by atoms with E-state index in [9.17, 15) is 4.79 Å². The smallest absolute Gasteiger partial charge is 0.291 e. The lowest BCUT2D eigenvalue weighted by atomic mass is 10.3. The zero-order valence-electron chi connectivity index (χ0n) is 10.4. The molecule has 0 aromatic rings. The van der Waals surface area contributed by atoms with Crippen molar-refractivity contribution in [3.63, 3.8) is 0 Å². The lowest BCUT2D eigenvalue weighted by Gasteiger charge is -2.34. The molecule has 0 saturated heterocycles. The van der Waals surface area contributed by atoms with Crippen LogP contribution in [0.2, 0.25) is 0 Å². The van der Waals surface area contributed by atoms with Crippen LogP contribution in [0.3, 0.4) is 0 Å². The summed E-state index contributed by atoms with van der Waals surface area (Å²) in [5, 5.41) is 0. The lowest BCUT2D eigenvalue weighted by molar-refractivity contribution is -0.945. The first-order valence-electron chi connectivity index (χ1n) is 5.18. The van der Waals surface area contributed by atoms with Crippen molar-refractivity contribution in [1.29, 1.82) is 0 Å². The number of amides is 1. The molecule has 0 spiro atoms. The molecule has 0 atom stereocenters. The van der Waals surface area contributed by atoms with E-state index >= 15 is 0 Å². The highest BCUT2D eigenvalue weighted by Crippen LogP contribution is 2.05. The molecule has 1 N–H and O–H groups in total. The van der Waals surface area contributed by atoms with Crippen LogP contribution in [0.4, 0.5) is 0 Å². The number of hydrogen-bond acceptors (Lipinski definition) is 1. The first-order valence-corrected chi connectivity index (χ1v) is 5.18. The fourth-order valence-electron chi connectivity index (χ4n) is 1.41. The van der Waals surface area contributed by atoms with Crippen LogP contribution in [0.5, 0.6) is 0 Å². The monoisotopic (exact) mass is 256 g/mol. The van der Waals surface area contributed by atoms with Crippen LogP contribution in [0, 0.1) is 0 Å². The molecule has 0 radical (unpaired) electrons. The Morgan fingerprint density at radius 3 is 1.71 bits per heavy atom. The minimum absolute atomic E-state index is 0. The molecule has 0 aliphatic rings. The van der Waals surface area contributed by atoms with Crippen molar-refractivity contribution in [2.45, 2.75) is 6.92 Å². The van der Waals surface area contributed by atoms with E-state index in [1.54, 1.807) is 25.2 Å². The zero-order valence-corrected chi connectivity index (χ0v) is 11.2. The van der Waals surface area contributed by atoms with Gasteiger partial charge in [-0.2, -0.15) is 5.43 Å². The third-order valence-electron chi connectivity index (χ3n) is 2.16. The van der Waals surface area contributed by atoms with Gasteiger partial charge in [0.05, 0.1) is 0 Å². The predicted octanol–water partition coefficient (Wildman–Crippen LogP) is -1.03. The number of rotatable bonds is 8. The standard InChI is InChI=1S/C13H20N2O.ClH/c1-6-9-15(10-7-2,11-8-3)14-13(16)12(4)5;/h6-8H,1-4,9-11H2,5H3;1H. The topological polar surface area (TPSA) is 29.1 Å². The van der Waals surface area contributed by atoms with Gasteiger partial charge in [-0.3, -0.25) is 4.79 Å². The molecule has 3 nitrogen and oxygen atoms in total. The third kappa shape index (κ3) is 6.09. The quantitative estimate of drug-likeness (QED) is 0.256. The number of nitrogens with zero attached hydrogens (tertiary/aromatic N) is 1. The van der Waals surface area contributed by atoms with Crippen molar-refractivity contribution in [2.24, 2.45) is 0 Å². The first-order chi connectivity index (χ1) is 7.51. The van der Waals surface area contributed by atoms with Gasteiger partial charge in [0, 0.05) is 5.57 Å². The van der Waals surface area contributed by atoms with Gasteiger partial charge in [0.2, 0.25) is 0 Å². The number of quaternary nitrogens is 1. The minimum Gasteiger partial charge on any atom is -1.00 e. The molecule has 96 valence electrons. The van der Waals surface area contributed by atoms with E-state index < -0.39 is 0 Å². The Bertz CT molecular complexity index is 284. The predicted molar refractivity (Wildman–Crippen MR) is 68.4 cm³/mol. The first kappa shape index (κ1) is 18.1. The van der Waals surface area contributed by atoms with Crippen molar-refractivity contribution >= 4 is 5.91 Å². The van der Waals surface area contributed by atoms with Gasteiger partial charge in [0.25, 0.3) is 5.91 Å². The van der Waals surface area contributed by atoms with E-state index in [1.807, 2.05) is 0 Å². The number of halogens is 1. The van der Waals surface area contributed by atoms with Crippen LogP contribution >= 0.6 is 0 Å². The van der Waals surface area contributed by atoms with Gasteiger partial charge < -0.3 is 12.4 Å². The molecule has 0 aromatic carbocycles. The van der Waals surface area contributed by atoms with Crippen LogP contribution in [0.25, 0.3) is 0 Å². The molecule has 0 bridgehead atoms. The van der Waals surface area contributed by atoms with Gasteiger partial charge in [-0.15, -0.1) is 0 Å². The van der Waals surface area contributed by atoms with E-state index in [0.29, 0.717) is 29.8 Å². The van der Waals surface area contributed by atoms with Crippen LogP contribution in [-0.4, -0.2) is 30.1 Å². The summed E-state index contributed by atoms with van der Waals surface area (Å²) in [6.45, 7) is 18.3. The van der Waals surface area contributed by atoms with Crippen LogP contribution < -0.4 is 17.8 Å². The molecule has 4 heteroatoms. The van der Waals surface area contributed by atoms with Gasteiger partial charge >= 0.3 is 0 Å². The van der Waals surface area contributed by atoms with E-state index in [2.05, 4.69) is 31.7 Å². The second kappa shape index (κ2) is 8.79. The van der Waals surface area contributed by atoms with Crippen molar-refractivity contribution in [3.05, 3.63) is 50.1 Å². The summed E-state index contributed by atoms with van der Waals surface area (Å²) in [5.41, 5.74) is 3.40. The van der Waals surface area contributed by atoms with Crippen molar-refractivity contribution in [1.82, 2.24) is 5.43 Å². The maximum absolute atomic E-state index is 11.7. The largest absolute Gasteiger partial charge is 1.00 e. The maximum atomic E-state index is 11.7. The molecule has 17 heavy (non-hydrogen) atoms. The van der Waals surface area contributed by atoms with Crippen LogP contribution in [0.1, 0.15) is 6.92 Å². The van der Waals surface area contributed by atoms with E-state index in [4.69, 9.17) is 0 Å². The Morgan fingerprint density at radius 1 is 1.12 bits per heavy atom. The van der Waals surface area contributed by atoms with Crippen molar-refractivity contribution in [3.8, 4) is 0 Å². The lowest BCUT2D eigenvalue weighted by Crippen LogP contribution is -3.00. The van der Waals surface area contributed by atoms with Crippen LogP contribution in [-0.2, 0) is 4.79 Å². The Hall–Kier alpha value is -1.32. The molecule has 0 fully saturated rings. The van der Waals surface area contributed by atoms with Crippen molar-refractivity contribution < 1.29 is 21.8 Å². The highest BCUT2D eigenvalue weighted by Gasteiger charge is 2.26. The fourth-order valence-corrected chi connectivity index (χ4v) is 1.41. The molecule has 0 heterocycles. The number of carbonyl (C=O) groups excluding carboxylic acids is 1. The van der Waals surface area contributed by atoms with E-state index in [1.165, 1.54) is 0 Å². The zero-order chi connectivity index (χ0) is 12.6. The number of carbonyl (C=O) groups is 1. The summed E-state index contributed by atoms with van der Waals surface area (Å²) < 4.78 is 0.349. The van der Waals surface area contributed by atoms with Gasteiger partial charge in [-0.05, 0) is 25.2 Å². The molecule has 0 aliphatic carbocycles. The number of hydrogen-bond donors (Lipinski definition) is 1. The normalized spacial score (nSPS) is 9.71. The maximum Gasteiger partial charge on any atom is 0.291 e. The molecular formula is C13H21ClN2O. The minimum atomic E-state index is -0.162. The average Bonchev–Trinajstić information content (AvgIpc) is 2.18. The summed E-state index contributed by atoms with van der Waals surface area (Å²) >= 11 is 0. The Balaban J connectivity index is 0. The molecule has 1 amide bonds. The second-order valence-corrected chi connectivity index (χ2v) is 3.78. The van der Waals surface area contributed by atoms with Gasteiger partial charge in [-0.1, -0.05) is 26.3 Å². The van der Waals surface area contributed by atoms with Gasteiger partial charge in [0.1, 0.15) is 19.6 Å². The second-order valence-electron chi connectivity index (χ2n) is 3.78. The summed E-state index contributed by atoms with van der Waals surface area (Å²) in [6, 6.07) is 0. The summed E-state index contributed by atoms with van der Waals surface area (Å²) in [4.78, 5) is 11.7. The Morgan fingerprint density at radius 2 is 1.47 bits per heavy atom. The van der Waals surface area contributed by atoms with Gasteiger partial charge in [0.15, 0.2) is 0 Å². The molecule has 0 aromatic heterocycles. The van der Waals surface area contributed by atoms with Gasteiger partial charge in [-0.25, -0.2) is 4.59 Å². The molecule has 0 saturated carbocycles. The molecule has 0 unspecified atom stereocenters. The van der Waals surface area contributed by atoms with E-state index in [0.717, 1.165) is 0 Å². The molecular weight excluding hydrogens is 236 g/mol. The molecule has 0 aliphatic heterocycles. The van der Waals surface area contributed by atoms with E-state index in [-0.39, 0.29) is 18.3 Å². The Labute approximate surface area is 110 Å². The molecule has 0 rings (SSSR count). The summed E-state index contributed by atoms with van der Waals surface area (Å²) in [7, 11) is 0.